The van der Waals surface area contributed by atoms with Gasteiger partial charge in [-0.3, -0.25) is 0 Å². The van der Waals surface area contributed by atoms with Crippen LogP contribution in [0.15, 0.2) is 30.3 Å². The van der Waals surface area contributed by atoms with Gasteiger partial charge in [0.25, 0.3) is 0 Å². The van der Waals surface area contributed by atoms with Crippen molar-refractivity contribution in [3.8, 4) is 0 Å². The zero-order chi connectivity index (χ0) is 13.7. The third kappa shape index (κ3) is 3.18. The van der Waals surface area contributed by atoms with Crippen molar-refractivity contribution < 1.29 is 4.74 Å². The number of likely N-dealkylation sites (N-methyl/N-ethyl adjacent to an activating group) is 1. The second-order valence-electron chi connectivity index (χ2n) is 5.85. The van der Waals surface area contributed by atoms with Crippen molar-refractivity contribution in [2.75, 3.05) is 13.7 Å². The summed E-state index contributed by atoms with van der Waals surface area (Å²) < 4.78 is 6.03. The van der Waals surface area contributed by atoms with Crippen LogP contribution in [-0.4, -0.2) is 19.3 Å². The van der Waals surface area contributed by atoms with E-state index in [4.69, 9.17) is 4.74 Å². The molecule has 1 unspecified atom stereocenters. The summed E-state index contributed by atoms with van der Waals surface area (Å²) in [5, 5.41) is 3.65. The number of nitrogens with one attached hydrogen (secondary N) is 1. The van der Waals surface area contributed by atoms with Crippen LogP contribution in [0.25, 0.3) is 0 Å². The molecule has 1 atom stereocenters. The third-order valence-corrected chi connectivity index (χ3v) is 4.59. The molecule has 19 heavy (non-hydrogen) atoms. The third-order valence-electron chi connectivity index (χ3n) is 4.59. The molecule has 0 heterocycles. The first kappa shape index (κ1) is 14.5. The highest BCUT2D eigenvalue weighted by molar-refractivity contribution is 5.23. The summed E-state index contributed by atoms with van der Waals surface area (Å²) in [7, 11) is 1.88. The number of methoxy groups -OCH3 is 1. The standard InChI is InChI=1S/C17H27NO/c1-4-18-16(15-8-6-5-7-9-15)17(19-3)12-10-14(2)11-13-17/h5-9,14,16,18H,4,10-13H2,1-3H3. The van der Waals surface area contributed by atoms with Crippen LogP contribution in [0, 0.1) is 5.92 Å². The maximum Gasteiger partial charge on any atom is 0.0872 e. The minimum Gasteiger partial charge on any atom is -0.376 e. The van der Waals surface area contributed by atoms with E-state index in [1.54, 1.807) is 0 Å². The summed E-state index contributed by atoms with van der Waals surface area (Å²) in [6, 6.07) is 11.0. The summed E-state index contributed by atoms with van der Waals surface area (Å²) in [6.07, 6.45) is 4.83. The molecule has 0 bridgehead atoms. The molecule has 0 radical (unpaired) electrons. The second-order valence-corrected chi connectivity index (χ2v) is 5.85. The van der Waals surface area contributed by atoms with Crippen LogP contribution in [-0.2, 0) is 4.74 Å². The van der Waals surface area contributed by atoms with Gasteiger partial charge in [0.1, 0.15) is 0 Å². The Hall–Kier alpha value is -0.860. The topological polar surface area (TPSA) is 21.3 Å². The number of ether oxygens (including phenoxy) is 1. The zero-order valence-corrected chi connectivity index (χ0v) is 12.5. The van der Waals surface area contributed by atoms with Crippen molar-refractivity contribution in [2.45, 2.75) is 51.2 Å². The summed E-state index contributed by atoms with van der Waals surface area (Å²) >= 11 is 0. The molecule has 2 nitrogen and oxygen atoms in total. The van der Waals surface area contributed by atoms with Gasteiger partial charge in [0.05, 0.1) is 11.6 Å². The summed E-state index contributed by atoms with van der Waals surface area (Å²) in [5.41, 5.74) is 1.31. The molecule has 1 N–H and O–H groups in total. The largest absolute Gasteiger partial charge is 0.376 e. The molecule has 2 heteroatoms. The van der Waals surface area contributed by atoms with E-state index in [0.717, 1.165) is 25.3 Å². The van der Waals surface area contributed by atoms with Gasteiger partial charge in [0, 0.05) is 7.11 Å². The minimum atomic E-state index is -0.0378. The molecule has 106 valence electrons. The Morgan fingerprint density at radius 3 is 2.42 bits per heavy atom. The predicted molar refractivity (Wildman–Crippen MR) is 80.2 cm³/mol. The van der Waals surface area contributed by atoms with Gasteiger partial charge in [-0.25, -0.2) is 0 Å². The first-order valence-corrected chi connectivity index (χ1v) is 7.55. The van der Waals surface area contributed by atoms with Crippen LogP contribution < -0.4 is 5.32 Å². The lowest BCUT2D eigenvalue weighted by atomic mass is 9.73. The molecule has 0 aliphatic heterocycles. The lowest BCUT2D eigenvalue weighted by molar-refractivity contribution is -0.0757. The Balaban J connectivity index is 2.26. The van der Waals surface area contributed by atoms with Crippen LogP contribution in [0.2, 0.25) is 0 Å². The molecule has 1 saturated carbocycles. The molecule has 1 aliphatic carbocycles. The van der Waals surface area contributed by atoms with E-state index in [1.165, 1.54) is 18.4 Å². The van der Waals surface area contributed by atoms with Crippen LogP contribution in [0.3, 0.4) is 0 Å². The van der Waals surface area contributed by atoms with Gasteiger partial charge < -0.3 is 10.1 Å². The number of hydrogen-bond donors (Lipinski definition) is 1. The van der Waals surface area contributed by atoms with E-state index in [0.29, 0.717) is 6.04 Å². The SMILES string of the molecule is CCNC(c1ccccc1)C1(OC)CCC(C)CC1. The molecular weight excluding hydrogens is 234 g/mol. The molecule has 0 saturated heterocycles. The lowest BCUT2D eigenvalue weighted by Crippen LogP contribution is -2.47. The van der Waals surface area contributed by atoms with Crippen LogP contribution >= 0.6 is 0 Å². The van der Waals surface area contributed by atoms with E-state index >= 15 is 0 Å². The number of rotatable bonds is 5. The molecular formula is C17H27NO. The van der Waals surface area contributed by atoms with Crippen LogP contribution in [0.5, 0.6) is 0 Å². The van der Waals surface area contributed by atoms with Gasteiger partial charge >= 0.3 is 0 Å². The Bertz CT molecular complexity index is 368. The number of benzene rings is 1. The Labute approximate surface area is 117 Å². The fourth-order valence-electron chi connectivity index (χ4n) is 3.32. The molecule has 0 spiro atoms. The van der Waals surface area contributed by atoms with Gasteiger partial charge in [0.2, 0.25) is 0 Å². The van der Waals surface area contributed by atoms with E-state index in [2.05, 4.69) is 49.5 Å². The van der Waals surface area contributed by atoms with Gasteiger partial charge in [-0.15, -0.1) is 0 Å². The predicted octanol–water partition coefficient (Wildman–Crippen LogP) is 3.93. The van der Waals surface area contributed by atoms with E-state index < -0.39 is 0 Å². The van der Waals surface area contributed by atoms with Crippen LogP contribution in [0.1, 0.15) is 51.1 Å². The second kappa shape index (κ2) is 6.53. The monoisotopic (exact) mass is 261 g/mol. The zero-order valence-electron chi connectivity index (χ0n) is 12.5. The van der Waals surface area contributed by atoms with Crippen molar-refractivity contribution in [3.63, 3.8) is 0 Å². The average molecular weight is 261 g/mol. The van der Waals surface area contributed by atoms with Gasteiger partial charge in [-0.1, -0.05) is 44.2 Å². The van der Waals surface area contributed by atoms with Gasteiger partial charge in [-0.05, 0) is 43.7 Å². The van der Waals surface area contributed by atoms with Gasteiger partial charge in [0.15, 0.2) is 0 Å². The van der Waals surface area contributed by atoms with Crippen LogP contribution in [0.4, 0.5) is 0 Å². The van der Waals surface area contributed by atoms with Crippen molar-refractivity contribution in [1.29, 1.82) is 0 Å². The molecule has 1 aromatic carbocycles. The van der Waals surface area contributed by atoms with Crippen molar-refractivity contribution in [1.82, 2.24) is 5.32 Å². The Morgan fingerprint density at radius 2 is 1.89 bits per heavy atom. The maximum atomic E-state index is 6.03. The maximum absolute atomic E-state index is 6.03. The van der Waals surface area contributed by atoms with E-state index in [-0.39, 0.29) is 5.60 Å². The highest BCUT2D eigenvalue weighted by Gasteiger charge is 2.41. The first-order chi connectivity index (χ1) is 9.22. The fraction of sp³-hybridized carbons (Fsp3) is 0.647. The Morgan fingerprint density at radius 1 is 1.26 bits per heavy atom. The number of hydrogen-bond acceptors (Lipinski definition) is 2. The van der Waals surface area contributed by atoms with E-state index in [1.807, 2.05) is 7.11 Å². The average Bonchev–Trinajstić information content (AvgIpc) is 2.47. The highest BCUT2D eigenvalue weighted by Crippen LogP contribution is 2.42. The molecule has 0 amide bonds. The quantitative estimate of drug-likeness (QED) is 0.867. The van der Waals surface area contributed by atoms with Gasteiger partial charge in [-0.2, -0.15) is 0 Å². The summed E-state index contributed by atoms with van der Waals surface area (Å²) in [5.74, 6) is 0.835. The molecule has 2 rings (SSSR count). The molecule has 1 fully saturated rings. The summed E-state index contributed by atoms with van der Waals surface area (Å²) in [6.45, 7) is 5.50. The van der Waals surface area contributed by atoms with E-state index in [9.17, 15) is 0 Å². The normalized spacial score (nSPS) is 29.1. The van der Waals surface area contributed by atoms with Crippen molar-refractivity contribution in [3.05, 3.63) is 35.9 Å². The molecule has 1 aromatic rings. The minimum absolute atomic E-state index is 0.0378. The smallest absolute Gasteiger partial charge is 0.0872 e. The van der Waals surface area contributed by atoms with Crippen molar-refractivity contribution in [2.24, 2.45) is 5.92 Å². The molecule has 1 aliphatic rings. The van der Waals surface area contributed by atoms with Crippen molar-refractivity contribution >= 4 is 0 Å². The lowest BCUT2D eigenvalue weighted by Gasteiger charge is -2.44. The molecule has 0 aromatic heterocycles. The first-order valence-electron chi connectivity index (χ1n) is 7.55. The fourth-order valence-corrected chi connectivity index (χ4v) is 3.32. The Kier molecular flexibility index (Phi) is 5.00. The highest BCUT2D eigenvalue weighted by atomic mass is 16.5. The summed E-state index contributed by atoms with van der Waals surface area (Å²) in [4.78, 5) is 0.